The number of hydrogen-bond donors (Lipinski definition) is 3. The highest BCUT2D eigenvalue weighted by Crippen LogP contribution is 2.45. The van der Waals surface area contributed by atoms with Gasteiger partial charge < -0.3 is 33.8 Å². The van der Waals surface area contributed by atoms with Crippen LogP contribution in [0, 0.1) is 0 Å². The minimum Gasteiger partial charge on any atom is -0.462 e. The molecule has 19 heteroatoms. The van der Waals surface area contributed by atoms with Crippen molar-refractivity contribution in [1.29, 1.82) is 0 Å². The van der Waals surface area contributed by atoms with E-state index in [0.717, 1.165) is 173 Å². The molecule has 0 fully saturated rings. The van der Waals surface area contributed by atoms with Gasteiger partial charge in [0.25, 0.3) is 0 Å². The molecule has 0 radical (unpaired) electrons. The number of phosphoric acid groups is 2. The molecule has 0 saturated heterocycles. The third-order valence-electron chi connectivity index (χ3n) is 16.0. The van der Waals surface area contributed by atoms with E-state index in [9.17, 15) is 43.2 Å². The first kappa shape index (κ1) is 102. The van der Waals surface area contributed by atoms with Gasteiger partial charge in [0.1, 0.15) is 19.3 Å². The maximum absolute atomic E-state index is 13.1. The Morgan fingerprint density at radius 3 is 0.815 bits per heavy atom. The summed E-state index contributed by atoms with van der Waals surface area (Å²) in [5.74, 6) is -2.36. The van der Waals surface area contributed by atoms with Crippen LogP contribution in [0.1, 0.15) is 285 Å². The van der Waals surface area contributed by atoms with Gasteiger partial charge in [-0.15, -0.1) is 0 Å². The van der Waals surface area contributed by atoms with Crippen molar-refractivity contribution in [2.24, 2.45) is 0 Å². The quantitative estimate of drug-likeness (QED) is 0.0169. The molecule has 17 nitrogen and oxygen atoms in total. The van der Waals surface area contributed by atoms with Gasteiger partial charge in [0.2, 0.25) is 0 Å². The van der Waals surface area contributed by atoms with Crippen molar-refractivity contribution in [3.05, 3.63) is 194 Å². The van der Waals surface area contributed by atoms with E-state index in [1.165, 1.54) is 25.7 Å². The zero-order valence-corrected chi connectivity index (χ0v) is 68.5. The Labute approximate surface area is 653 Å². The highest BCUT2D eigenvalue weighted by atomic mass is 31.2. The van der Waals surface area contributed by atoms with Gasteiger partial charge in [0.05, 0.1) is 26.4 Å². The largest absolute Gasteiger partial charge is 0.472 e. The van der Waals surface area contributed by atoms with Crippen LogP contribution in [0.15, 0.2) is 194 Å². The number of rotatable bonds is 74. The molecule has 3 N–H and O–H groups in total. The second-order valence-corrected chi connectivity index (χ2v) is 29.1. The molecule has 0 aliphatic heterocycles. The number of aliphatic hydroxyl groups excluding tert-OH is 1. The topological polar surface area (TPSA) is 237 Å². The maximum Gasteiger partial charge on any atom is 0.472 e. The Bertz CT molecular complexity index is 2810. The third-order valence-corrected chi connectivity index (χ3v) is 17.9. The van der Waals surface area contributed by atoms with Crippen LogP contribution in [0.2, 0.25) is 0 Å². The van der Waals surface area contributed by atoms with E-state index < -0.39 is 97.5 Å². The molecular formula is C89H142O17P2. The summed E-state index contributed by atoms with van der Waals surface area (Å²) in [6.07, 6.45) is 97.1. The maximum atomic E-state index is 13.1. The third kappa shape index (κ3) is 78.0. The molecule has 0 saturated carbocycles. The zero-order chi connectivity index (χ0) is 78.9. The molecule has 0 aromatic rings. The van der Waals surface area contributed by atoms with Crippen molar-refractivity contribution in [3.63, 3.8) is 0 Å². The Hall–Kier alpha value is -6.10. The minimum atomic E-state index is -5.02. The van der Waals surface area contributed by atoms with Crippen LogP contribution in [0.3, 0.4) is 0 Å². The fourth-order valence-corrected chi connectivity index (χ4v) is 11.5. The van der Waals surface area contributed by atoms with Crippen molar-refractivity contribution in [2.75, 3.05) is 39.6 Å². The lowest BCUT2D eigenvalue weighted by molar-refractivity contribution is -0.161. The van der Waals surface area contributed by atoms with Crippen LogP contribution >= 0.6 is 15.6 Å². The van der Waals surface area contributed by atoms with Crippen molar-refractivity contribution in [3.8, 4) is 0 Å². The summed E-state index contributed by atoms with van der Waals surface area (Å²) in [5.41, 5.74) is 0. The normalized spacial score (nSPS) is 14.8. The summed E-state index contributed by atoms with van der Waals surface area (Å²) in [5, 5.41) is 10.7. The van der Waals surface area contributed by atoms with Gasteiger partial charge in [-0.1, -0.05) is 280 Å². The average molecular weight is 1550 g/mol. The van der Waals surface area contributed by atoms with Gasteiger partial charge in [0.15, 0.2) is 12.2 Å². The fraction of sp³-hybridized carbons (Fsp3) is 0.596. The van der Waals surface area contributed by atoms with E-state index in [1.54, 1.807) is 0 Å². The molecular weight excluding hydrogens is 1400 g/mol. The van der Waals surface area contributed by atoms with Crippen LogP contribution in [0.25, 0.3) is 0 Å². The highest BCUT2D eigenvalue weighted by Gasteiger charge is 2.30. The Balaban J connectivity index is 5.50. The second-order valence-electron chi connectivity index (χ2n) is 26.2. The van der Waals surface area contributed by atoms with Gasteiger partial charge >= 0.3 is 39.5 Å². The molecule has 0 aromatic heterocycles. The number of hydrogen-bond acceptors (Lipinski definition) is 15. The highest BCUT2D eigenvalue weighted by molar-refractivity contribution is 7.47. The monoisotopic (exact) mass is 1540 g/mol. The standard InChI is InChI=1S/C89H142O17P2/c1-5-9-13-17-21-25-29-33-36-39-41-44-46-50-53-57-61-65-69-73-86(91)99-79-84(105-88(93)75-71-67-63-59-55-49-32-28-24-20-16-12-8-4)81-103-107(95,96)101-77-83(90)78-102-108(97,98)104-82-85(106-89(94)76-72-68-64-60-56-52-48-43-38-35-31-27-23-19-15-11-7-3)80-100-87(92)74-70-66-62-58-54-51-47-45-42-40-37-34-30-26-22-18-14-10-6-2/h9-11,13-15,21-23,25-28,32-38,41-42,44-45,48,50-54,62,66,83-85,90H,5-8,12,16-20,24,29-31,39-40,43,46-47,49,55-61,63-65,67-82H2,1-4H3,(H,95,96)(H,97,98)/b13-9-,14-10-,15-11-,25-21-,26-22-,27-23-,32-28-,36-33-,37-34-,38-35-,44-41-,45-42-,52-48-,53-50-,54-51-,66-62-. The van der Waals surface area contributed by atoms with Crippen LogP contribution in [-0.4, -0.2) is 96.7 Å². The summed E-state index contributed by atoms with van der Waals surface area (Å²) in [6, 6.07) is 0. The number of ether oxygens (including phenoxy) is 4. The van der Waals surface area contributed by atoms with E-state index in [4.69, 9.17) is 37.0 Å². The predicted molar refractivity (Wildman–Crippen MR) is 445 cm³/mol. The van der Waals surface area contributed by atoms with Crippen LogP contribution in [-0.2, 0) is 65.4 Å². The van der Waals surface area contributed by atoms with E-state index in [2.05, 4.69) is 204 Å². The number of aliphatic hydroxyl groups is 1. The molecule has 0 spiro atoms. The summed E-state index contributed by atoms with van der Waals surface area (Å²) in [7, 11) is -10.0. The lowest BCUT2D eigenvalue weighted by Crippen LogP contribution is -2.30. The SMILES string of the molecule is CC/C=C\C/C=C\C/C=C\C/C=C\C/C=C\C/C=C\CCC(=O)OCC(COP(=O)(O)OCC(O)COP(=O)(O)OCC(COC(=O)CCCCC/C=C\C/C=C\C/C=C\C/C=C\C/C=C\CC)OC(=O)CCCCCCC/C=C\CCCCCC)OC(=O)CCCCCC/C=C\C/C=C\C/C=C\C/C=C\CC. The molecule has 0 aromatic carbocycles. The Morgan fingerprint density at radius 1 is 0.269 bits per heavy atom. The molecule has 0 aliphatic rings. The summed E-state index contributed by atoms with van der Waals surface area (Å²) in [4.78, 5) is 73.1. The van der Waals surface area contributed by atoms with E-state index in [0.29, 0.717) is 32.1 Å². The van der Waals surface area contributed by atoms with E-state index in [1.807, 2.05) is 18.2 Å². The molecule has 610 valence electrons. The Kier molecular flexibility index (Phi) is 74.5. The molecule has 0 bridgehead atoms. The van der Waals surface area contributed by atoms with Crippen molar-refractivity contribution in [1.82, 2.24) is 0 Å². The first-order valence-electron chi connectivity index (χ1n) is 40.7. The van der Waals surface area contributed by atoms with E-state index in [-0.39, 0.29) is 25.7 Å². The van der Waals surface area contributed by atoms with Crippen molar-refractivity contribution in [2.45, 2.75) is 303 Å². The zero-order valence-electron chi connectivity index (χ0n) is 66.7. The smallest absolute Gasteiger partial charge is 0.462 e. The van der Waals surface area contributed by atoms with Gasteiger partial charge in [-0.3, -0.25) is 37.3 Å². The minimum absolute atomic E-state index is 0.0222. The molecule has 0 heterocycles. The van der Waals surface area contributed by atoms with Crippen LogP contribution in [0.4, 0.5) is 0 Å². The Morgan fingerprint density at radius 2 is 0.500 bits per heavy atom. The van der Waals surface area contributed by atoms with Crippen molar-refractivity contribution < 1.29 is 80.2 Å². The first-order valence-corrected chi connectivity index (χ1v) is 43.7. The predicted octanol–water partition coefficient (Wildman–Crippen LogP) is 24.1. The number of unbranched alkanes of at least 4 members (excludes halogenated alkanes) is 16. The van der Waals surface area contributed by atoms with Gasteiger partial charge in [-0.2, -0.15) is 0 Å². The molecule has 5 unspecified atom stereocenters. The van der Waals surface area contributed by atoms with Gasteiger partial charge in [-0.25, -0.2) is 9.13 Å². The number of phosphoric ester groups is 2. The molecule has 0 rings (SSSR count). The van der Waals surface area contributed by atoms with Gasteiger partial charge in [0, 0.05) is 25.7 Å². The lowest BCUT2D eigenvalue weighted by Gasteiger charge is -2.21. The number of carbonyl (C=O) groups excluding carboxylic acids is 4. The fourth-order valence-electron chi connectivity index (χ4n) is 9.96. The number of allylic oxidation sites excluding steroid dienone is 32. The van der Waals surface area contributed by atoms with Gasteiger partial charge in [-0.05, 0) is 173 Å². The summed E-state index contributed by atoms with van der Waals surface area (Å²) >= 11 is 0. The molecule has 5 atom stereocenters. The second kappa shape index (κ2) is 79.0. The summed E-state index contributed by atoms with van der Waals surface area (Å²) < 4.78 is 68.5. The molecule has 0 amide bonds. The van der Waals surface area contributed by atoms with E-state index >= 15 is 0 Å². The molecule has 108 heavy (non-hydrogen) atoms. The summed E-state index contributed by atoms with van der Waals surface area (Å²) in [6.45, 7) is 4.33. The lowest BCUT2D eigenvalue weighted by atomic mass is 10.1. The average Bonchev–Trinajstić information content (AvgIpc) is 0.886. The number of esters is 4. The molecule has 0 aliphatic carbocycles. The number of carbonyl (C=O) groups is 4. The van der Waals surface area contributed by atoms with Crippen LogP contribution in [0.5, 0.6) is 0 Å². The first-order chi connectivity index (χ1) is 52.7. The van der Waals surface area contributed by atoms with Crippen LogP contribution < -0.4 is 0 Å². The van der Waals surface area contributed by atoms with Crippen molar-refractivity contribution >= 4 is 39.5 Å².